The molecule has 9 heteroatoms. The van der Waals surface area contributed by atoms with Gasteiger partial charge >= 0.3 is 6.09 Å². The highest BCUT2D eigenvalue weighted by Gasteiger charge is 2.28. The molecular weight excluding hydrogens is 390 g/mol. The largest absolute Gasteiger partial charge is 0.497 e. The fraction of sp³-hybridized carbons (Fsp3) is 0.476. The summed E-state index contributed by atoms with van der Waals surface area (Å²) in [5, 5.41) is 0.351. The van der Waals surface area contributed by atoms with Crippen molar-refractivity contribution in [2.45, 2.75) is 26.4 Å². The molecule has 1 N–H and O–H groups in total. The summed E-state index contributed by atoms with van der Waals surface area (Å²) >= 11 is 0. The van der Waals surface area contributed by atoms with Crippen molar-refractivity contribution in [2.75, 3.05) is 40.4 Å². The van der Waals surface area contributed by atoms with E-state index in [4.69, 9.17) is 14.2 Å². The predicted molar refractivity (Wildman–Crippen MR) is 111 cm³/mol. The van der Waals surface area contributed by atoms with Crippen LogP contribution in [0.2, 0.25) is 0 Å². The third-order valence-corrected chi connectivity index (χ3v) is 4.77. The van der Waals surface area contributed by atoms with E-state index < -0.39 is 11.7 Å². The van der Waals surface area contributed by atoms with Crippen molar-refractivity contribution in [3.8, 4) is 11.5 Å². The van der Waals surface area contributed by atoms with Gasteiger partial charge in [-0.1, -0.05) is 0 Å². The number of carbonyl (C=O) groups excluding carboxylic acids is 2. The zero-order chi connectivity index (χ0) is 22.1. The monoisotopic (exact) mass is 417 g/mol. The van der Waals surface area contributed by atoms with Gasteiger partial charge in [0.15, 0.2) is 5.43 Å². The highest BCUT2D eigenvalue weighted by molar-refractivity contribution is 5.96. The Hall–Kier alpha value is -3.23. The molecule has 3 rings (SSSR count). The third-order valence-electron chi connectivity index (χ3n) is 4.77. The number of aromatic amines is 1. The molecule has 0 saturated carbocycles. The Balaban J connectivity index is 1.79. The van der Waals surface area contributed by atoms with Crippen molar-refractivity contribution in [1.82, 2.24) is 14.8 Å². The summed E-state index contributed by atoms with van der Waals surface area (Å²) in [4.78, 5) is 44.0. The van der Waals surface area contributed by atoms with Crippen LogP contribution in [-0.4, -0.2) is 72.8 Å². The second kappa shape index (κ2) is 8.25. The standard InChI is InChI=1S/C21H27N3O6/c1-21(2,3)30-20(27)24-8-6-23(7-9-24)19(26)15-12-16(25)18-14(22-15)10-13(28-4)11-17(18)29-5/h10-12H,6-9H2,1-5H3,(H,22,25). The molecule has 0 radical (unpaired) electrons. The lowest BCUT2D eigenvalue weighted by atomic mass is 10.1. The molecule has 1 fully saturated rings. The van der Waals surface area contributed by atoms with Gasteiger partial charge in [0.25, 0.3) is 5.91 Å². The van der Waals surface area contributed by atoms with Crippen molar-refractivity contribution in [3.63, 3.8) is 0 Å². The minimum atomic E-state index is -0.573. The molecular formula is C21H27N3O6. The number of amides is 2. The first kappa shape index (κ1) is 21.5. The van der Waals surface area contributed by atoms with Crippen LogP contribution in [0.5, 0.6) is 11.5 Å². The molecule has 1 aliphatic rings. The van der Waals surface area contributed by atoms with Crippen molar-refractivity contribution >= 4 is 22.9 Å². The molecule has 162 valence electrons. The summed E-state index contributed by atoms with van der Waals surface area (Å²) in [7, 11) is 2.98. The van der Waals surface area contributed by atoms with Crippen LogP contribution in [0.15, 0.2) is 23.0 Å². The number of H-pyrrole nitrogens is 1. The summed E-state index contributed by atoms with van der Waals surface area (Å²) in [5.41, 5.74) is -0.265. The van der Waals surface area contributed by atoms with Crippen LogP contribution in [0.4, 0.5) is 4.79 Å². The summed E-state index contributed by atoms with van der Waals surface area (Å²) in [6, 6.07) is 4.55. The van der Waals surface area contributed by atoms with Crippen LogP contribution in [-0.2, 0) is 4.74 Å². The Morgan fingerprint density at radius 2 is 1.60 bits per heavy atom. The van der Waals surface area contributed by atoms with E-state index in [9.17, 15) is 14.4 Å². The number of fused-ring (bicyclic) bond motifs is 1. The van der Waals surface area contributed by atoms with E-state index in [-0.39, 0.29) is 17.0 Å². The fourth-order valence-corrected chi connectivity index (χ4v) is 3.31. The molecule has 9 nitrogen and oxygen atoms in total. The second-order valence-electron chi connectivity index (χ2n) is 8.06. The molecule has 2 heterocycles. The third kappa shape index (κ3) is 4.50. The minimum Gasteiger partial charge on any atom is -0.497 e. The molecule has 30 heavy (non-hydrogen) atoms. The van der Waals surface area contributed by atoms with Gasteiger partial charge in [-0.25, -0.2) is 4.79 Å². The maximum absolute atomic E-state index is 13.0. The maximum Gasteiger partial charge on any atom is 0.410 e. The van der Waals surface area contributed by atoms with Gasteiger partial charge in [-0.15, -0.1) is 0 Å². The van der Waals surface area contributed by atoms with E-state index >= 15 is 0 Å². The molecule has 2 amide bonds. The summed E-state index contributed by atoms with van der Waals surface area (Å²) in [5.74, 6) is 0.570. The zero-order valence-corrected chi connectivity index (χ0v) is 17.9. The first-order valence-corrected chi connectivity index (χ1v) is 9.69. The topological polar surface area (TPSA) is 101 Å². The number of nitrogens with zero attached hydrogens (tertiary/aromatic N) is 2. The number of rotatable bonds is 3. The molecule has 0 aliphatic carbocycles. The summed E-state index contributed by atoms with van der Waals surface area (Å²) in [6.45, 7) is 6.85. The SMILES string of the molecule is COc1cc(OC)c2c(=O)cc(C(=O)N3CCN(C(=O)OC(C)(C)C)CC3)[nH]c2c1. The zero-order valence-electron chi connectivity index (χ0n) is 17.9. The smallest absolute Gasteiger partial charge is 0.410 e. The Bertz CT molecular complexity index is 1020. The van der Waals surface area contributed by atoms with Crippen LogP contribution < -0.4 is 14.9 Å². The Morgan fingerprint density at radius 1 is 0.967 bits per heavy atom. The van der Waals surface area contributed by atoms with Crippen molar-refractivity contribution in [3.05, 3.63) is 34.1 Å². The minimum absolute atomic E-state index is 0.175. The van der Waals surface area contributed by atoms with Crippen LogP contribution >= 0.6 is 0 Å². The number of nitrogens with one attached hydrogen (secondary N) is 1. The van der Waals surface area contributed by atoms with E-state index in [0.29, 0.717) is 48.6 Å². The van der Waals surface area contributed by atoms with E-state index in [1.807, 2.05) is 20.8 Å². The van der Waals surface area contributed by atoms with E-state index in [1.165, 1.54) is 20.3 Å². The number of pyridine rings is 1. The summed E-state index contributed by atoms with van der Waals surface area (Å²) in [6.07, 6.45) is -0.395. The number of methoxy groups -OCH3 is 2. The summed E-state index contributed by atoms with van der Waals surface area (Å²) < 4.78 is 15.9. The molecule has 1 aromatic heterocycles. The lowest BCUT2D eigenvalue weighted by Gasteiger charge is -2.35. The maximum atomic E-state index is 13.0. The highest BCUT2D eigenvalue weighted by Crippen LogP contribution is 2.28. The molecule has 0 spiro atoms. The second-order valence-corrected chi connectivity index (χ2v) is 8.06. The van der Waals surface area contributed by atoms with Gasteiger partial charge in [0, 0.05) is 44.4 Å². The highest BCUT2D eigenvalue weighted by atomic mass is 16.6. The van der Waals surface area contributed by atoms with Gasteiger partial charge in [-0.05, 0) is 20.8 Å². The van der Waals surface area contributed by atoms with Crippen molar-refractivity contribution in [1.29, 1.82) is 0 Å². The molecule has 1 saturated heterocycles. The van der Waals surface area contributed by atoms with Gasteiger partial charge in [-0.2, -0.15) is 0 Å². The first-order valence-electron chi connectivity index (χ1n) is 9.69. The number of benzene rings is 1. The van der Waals surface area contributed by atoms with E-state index in [0.717, 1.165) is 0 Å². The Labute approximate surface area is 174 Å². The predicted octanol–water partition coefficient (Wildman–Crippen LogP) is 2.24. The average molecular weight is 417 g/mol. The molecule has 1 aromatic carbocycles. The van der Waals surface area contributed by atoms with Gasteiger partial charge in [0.1, 0.15) is 22.8 Å². The number of carbonyl (C=O) groups is 2. The number of hydrogen-bond donors (Lipinski definition) is 1. The van der Waals surface area contributed by atoms with Crippen LogP contribution in [0.1, 0.15) is 31.3 Å². The lowest BCUT2D eigenvalue weighted by Crippen LogP contribution is -2.51. The fourth-order valence-electron chi connectivity index (χ4n) is 3.31. The normalized spacial score (nSPS) is 14.6. The van der Waals surface area contributed by atoms with Gasteiger partial charge in [0.05, 0.1) is 25.1 Å². The van der Waals surface area contributed by atoms with Gasteiger partial charge in [0.2, 0.25) is 0 Å². The van der Waals surface area contributed by atoms with Crippen LogP contribution in [0.3, 0.4) is 0 Å². The number of aromatic nitrogens is 1. The van der Waals surface area contributed by atoms with E-state index in [2.05, 4.69) is 4.98 Å². The van der Waals surface area contributed by atoms with Crippen LogP contribution in [0, 0.1) is 0 Å². The molecule has 0 unspecified atom stereocenters. The van der Waals surface area contributed by atoms with Gasteiger partial charge in [-0.3, -0.25) is 9.59 Å². The molecule has 2 aromatic rings. The lowest BCUT2D eigenvalue weighted by molar-refractivity contribution is 0.0140. The number of piperazine rings is 1. The van der Waals surface area contributed by atoms with E-state index in [1.54, 1.807) is 21.9 Å². The quantitative estimate of drug-likeness (QED) is 0.822. The molecule has 0 atom stereocenters. The Morgan fingerprint density at radius 3 is 2.17 bits per heavy atom. The van der Waals surface area contributed by atoms with Crippen molar-refractivity contribution < 1.29 is 23.8 Å². The molecule has 1 aliphatic heterocycles. The van der Waals surface area contributed by atoms with Crippen LogP contribution in [0.25, 0.3) is 10.9 Å². The van der Waals surface area contributed by atoms with Gasteiger partial charge < -0.3 is 29.0 Å². The molecule has 0 bridgehead atoms. The number of ether oxygens (including phenoxy) is 3. The first-order chi connectivity index (χ1) is 14.1. The Kier molecular flexibility index (Phi) is 5.91. The average Bonchev–Trinajstić information content (AvgIpc) is 2.70. The number of hydrogen-bond acceptors (Lipinski definition) is 6. The van der Waals surface area contributed by atoms with Crippen molar-refractivity contribution in [2.24, 2.45) is 0 Å².